The minimum atomic E-state index is -0.154. The first-order valence-corrected chi connectivity index (χ1v) is 6.37. The Bertz CT molecular complexity index is 328. The van der Waals surface area contributed by atoms with Gasteiger partial charge in [-0.2, -0.15) is 0 Å². The average molecular weight is 292 g/mol. The number of halogens is 1. The van der Waals surface area contributed by atoms with Crippen LogP contribution in [-0.4, -0.2) is 23.7 Å². The molecule has 0 saturated heterocycles. The van der Waals surface area contributed by atoms with Gasteiger partial charge in [0, 0.05) is 0 Å². The molecule has 15 heavy (non-hydrogen) atoms. The maximum Gasteiger partial charge on any atom is 0.261 e. The third-order valence-corrected chi connectivity index (χ3v) is 4.26. The highest BCUT2D eigenvalue weighted by Gasteiger charge is 2.14. The van der Waals surface area contributed by atoms with Gasteiger partial charge in [0.15, 0.2) is 0 Å². The molecule has 0 aromatic carbocycles. The Morgan fingerprint density at radius 3 is 2.80 bits per heavy atom. The van der Waals surface area contributed by atoms with Crippen molar-refractivity contribution in [3.05, 3.63) is 20.3 Å². The van der Waals surface area contributed by atoms with E-state index in [2.05, 4.69) is 21.2 Å². The van der Waals surface area contributed by atoms with Gasteiger partial charge in [-0.25, -0.2) is 0 Å². The van der Waals surface area contributed by atoms with Crippen LogP contribution in [0.5, 0.6) is 0 Å². The van der Waals surface area contributed by atoms with E-state index in [1.165, 1.54) is 11.3 Å². The third-order valence-electron chi connectivity index (χ3n) is 2.13. The van der Waals surface area contributed by atoms with Crippen molar-refractivity contribution in [1.82, 2.24) is 5.32 Å². The Balaban J connectivity index is 2.68. The van der Waals surface area contributed by atoms with Crippen LogP contribution in [0.1, 0.15) is 28.6 Å². The van der Waals surface area contributed by atoms with Crippen LogP contribution in [0.3, 0.4) is 0 Å². The molecule has 84 valence electrons. The standard InChI is InChI=1S/C10H14BrNO2S/c1-3-7(5-13)12-10(14)8-4-6(2)9(11)15-8/h4,7,13H,3,5H2,1-2H3,(H,12,14)/t7-/m1/s1. The molecule has 3 nitrogen and oxygen atoms in total. The zero-order chi connectivity index (χ0) is 11.4. The topological polar surface area (TPSA) is 49.3 Å². The molecule has 1 amide bonds. The lowest BCUT2D eigenvalue weighted by Gasteiger charge is -2.12. The van der Waals surface area contributed by atoms with Crippen LogP contribution in [-0.2, 0) is 0 Å². The van der Waals surface area contributed by atoms with E-state index in [9.17, 15) is 4.79 Å². The minimum absolute atomic E-state index is 0.0201. The second-order valence-electron chi connectivity index (χ2n) is 3.33. The highest BCUT2D eigenvalue weighted by Crippen LogP contribution is 2.27. The summed E-state index contributed by atoms with van der Waals surface area (Å²) in [5.41, 5.74) is 1.06. The lowest BCUT2D eigenvalue weighted by atomic mass is 10.2. The van der Waals surface area contributed by atoms with Crippen molar-refractivity contribution in [2.24, 2.45) is 0 Å². The van der Waals surface area contributed by atoms with E-state index in [0.717, 1.165) is 15.8 Å². The van der Waals surface area contributed by atoms with Crippen molar-refractivity contribution in [2.75, 3.05) is 6.61 Å². The molecule has 5 heteroatoms. The summed E-state index contributed by atoms with van der Waals surface area (Å²) in [6.45, 7) is 3.85. The van der Waals surface area contributed by atoms with E-state index < -0.39 is 0 Å². The lowest BCUT2D eigenvalue weighted by molar-refractivity contribution is 0.0919. The number of amides is 1. The van der Waals surface area contributed by atoms with Gasteiger partial charge in [-0.3, -0.25) is 4.79 Å². The van der Waals surface area contributed by atoms with Crippen molar-refractivity contribution < 1.29 is 9.90 Å². The molecule has 0 spiro atoms. The van der Waals surface area contributed by atoms with Gasteiger partial charge in [-0.05, 0) is 40.9 Å². The van der Waals surface area contributed by atoms with Crippen LogP contribution >= 0.6 is 27.3 Å². The molecule has 0 aliphatic heterocycles. The summed E-state index contributed by atoms with van der Waals surface area (Å²) in [7, 11) is 0. The second-order valence-corrected chi connectivity index (χ2v) is 5.70. The Labute approximate surface area is 102 Å². The number of aryl methyl sites for hydroxylation is 1. The molecule has 1 aromatic heterocycles. The van der Waals surface area contributed by atoms with Crippen molar-refractivity contribution in [3.8, 4) is 0 Å². The summed E-state index contributed by atoms with van der Waals surface area (Å²) in [4.78, 5) is 12.4. The van der Waals surface area contributed by atoms with E-state index in [1.54, 1.807) is 0 Å². The maximum atomic E-state index is 11.7. The number of aliphatic hydroxyl groups is 1. The molecule has 0 aliphatic rings. The molecule has 0 fully saturated rings. The van der Waals surface area contributed by atoms with Gasteiger partial charge in [0.25, 0.3) is 5.91 Å². The average Bonchev–Trinajstić information content (AvgIpc) is 2.55. The molecule has 0 radical (unpaired) electrons. The Morgan fingerprint density at radius 1 is 1.73 bits per heavy atom. The first kappa shape index (κ1) is 12.7. The van der Waals surface area contributed by atoms with Crippen LogP contribution in [0.2, 0.25) is 0 Å². The van der Waals surface area contributed by atoms with E-state index in [-0.39, 0.29) is 18.6 Å². The first-order chi connectivity index (χ1) is 7.08. The minimum Gasteiger partial charge on any atom is -0.394 e. The van der Waals surface area contributed by atoms with Gasteiger partial charge in [-0.15, -0.1) is 11.3 Å². The van der Waals surface area contributed by atoms with Crippen LogP contribution in [0, 0.1) is 6.92 Å². The summed E-state index contributed by atoms with van der Waals surface area (Å²) in [6.07, 6.45) is 0.730. The fourth-order valence-corrected chi connectivity index (χ4v) is 2.54. The van der Waals surface area contributed by atoms with Crippen molar-refractivity contribution in [2.45, 2.75) is 26.3 Å². The fourth-order valence-electron chi connectivity index (χ4n) is 1.11. The largest absolute Gasteiger partial charge is 0.394 e. The number of aliphatic hydroxyl groups excluding tert-OH is 1. The van der Waals surface area contributed by atoms with Gasteiger partial charge in [0.1, 0.15) is 0 Å². The monoisotopic (exact) mass is 291 g/mol. The fraction of sp³-hybridized carbons (Fsp3) is 0.500. The molecular formula is C10H14BrNO2S. The quantitative estimate of drug-likeness (QED) is 0.894. The van der Waals surface area contributed by atoms with Gasteiger partial charge in [0.05, 0.1) is 21.3 Å². The SMILES string of the molecule is CC[C@H](CO)NC(=O)c1cc(C)c(Br)s1. The van der Waals surface area contributed by atoms with E-state index in [4.69, 9.17) is 5.11 Å². The lowest BCUT2D eigenvalue weighted by Crippen LogP contribution is -2.36. The van der Waals surface area contributed by atoms with Crippen molar-refractivity contribution >= 4 is 33.2 Å². The summed E-state index contributed by atoms with van der Waals surface area (Å²) in [5.74, 6) is -0.116. The molecule has 2 N–H and O–H groups in total. The number of thiophene rings is 1. The summed E-state index contributed by atoms with van der Waals surface area (Å²) in [6, 6.07) is 1.69. The third kappa shape index (κ3) is 3.29. The Morgan fingerprint density at radius 2 is 2.40 bits per heavy atom. The number of carbonyl (C=O) groups excluding carboxylic acids is 1. The van der Waals surface area contributed by atoms with Crippen molar-refractivity contribution in [1.29, 1.82) is 0 Å². The van der Waals surface area contributed by atoms with Gasteiger partial charge < -0.3 is 10.4 Å². The van der Waals surface area contributed by atoms with Gasteiger partial charge in [0.2, 0.25) is 0 Å². The number of hydrogen-bond donors (Lipinski definition) is 2. The predicted octanol–water partition coefficient (Wildman–Crippen LogP) is 2.32. The number of nitrogens with one attached hydrogen (secondary N) is 1. The van der Waals surface area contributed by atoms with E-state index in [0.29, 0.717) is 4.88 Å². The molecule has 1 heterocycles. The molecule has 0 bridgehead atoms. The van der Waals surface area contributed by atoms with Gasteiger partial charge in [-0.1, -0.05) is 6.92 Å². The van der Waals surface area contributed by atoms with E-state index >= 15 is 0 Å². The molecular weight excluding hydrogens is 278 g/mol. The summed E-state index contributed by atoms with van der Waals surface area (Å²) < 4.78 is 0.977. The Hall–Kier alpha value is -0.390. The van der Waals surface area contributed by atoms with E-state index in [1.807, 2.05) is 19.9 Å². The number of rotatable bonds is 4. The smallest absolute Gasteiger partial charge is 0.261 e. The van der Waals surface area contributed by atoms with Crippen LogP contribution in [0.15, 0.2) is 9.85 Å². The normalized spacial score (nSPS) is 12.5. The van der Waals surface area contributed by atoms with Crippen molar-refractivity contribution in [3.63, 3.8) is 0 Å². The second kappa shape index (κ2) is 5.63. The predicted molar refractivity (Wildman–Crippen MR) is 65.4 cm³/mol. The molecule has 1 rings (SSSR count). The Kier molecular flexibility index (Phi) is 4.76. The molecule has 0 saturated carbocycles. The maximum absolute atomic E-state index is 11.7. The van der Waals surface area contributed by atoms with Crippen LogP contribution < -0.4 is 5.32 Å². The first-order valence-electron chi connectivity index (χ1n) is 4.76. The molecule has 0 unspecified atom stereocenters. The molecule has 1 atom stereocenters. The molecule has 0 aliphatic carbocycles. The highest BCUT2D eigenvalue weighted by molar-refractivity contribution is 9.11. The zero-order valence-corrected chi connectivity index (χ0v) is 11.1. The van der Waals surface area contributed by atoms with Gasteiger partial charge >= 0.3 is 0 Å². The number of carbonyl (C=O) groups is 1. The number of hydrogen-bond acceptors (Lipinski definition) is 3. The zero-order valence-electron chi connectivity index (χ0n) is 8.71. The summed E-state index contributed by atoms with van der Waals surface area (Å²) in [5, 5.41) is 11.7. The summed E-state index contributed by atoms with van der Waals surface area (Å²) >= 11 is 4.78. The van der Waals surface area contributed by atoms with Crippen LogP contribution in [0.25, 0.3) is 0 Å². The highest BCUT2D eigenvalue weighted by atomic mass is 79.9. The van der Waals surface area contributed by atoms with Crippen LogP contribution in [0.4, 0.5) is 0 Å². The molecule has 1 aromatic rings.